The fourth-order valence-corrected chi connectivity index (χ4v) is 4.37. The van der Waals surface area contributed by atoms with E-state index in [2.05, 4.69) is 36.9 Å². The smallest absolute Gasteiger partial charge is 0.326 e. The summed E-state index contributed by atoms with van der Waals surface area (Å²) in [5.74, 6) is -0.735. The molecule has 0 spiro atoms. The van der Waals surface area contributed by atoms with E-state index in [1.807, 2.05) is 24.3 Å². The molecule has 134 valence electrons. The first-order valence-electron chi connectivity index (χ1n) is 7.77. The average molecular weight is 498 g/mol. The fraction of sp³-hybridized carbons (Fsp3) is 0.167. The molecule has 0 atom stereocenters. The number of rotatable bonds is 4. The van der Waals surface area contributed by atoms with Crippen molar-refractivity contribution in [3.63, 3.8) is 0 Å². The quantitative estimate of drug-likeness (QED) is 0.497. The van der Waals surface area contributed by atoms with Gasteiger partial charge in [-0.2, -0.15) is 4.99 Å². The monoisotopic (exact) mass is 496 g/mol. The van der Waals surface area contributed by atoms with Crippen molar-refractivity contribution in [2.75, 3.05) is 6.61 Å². The van der Waals surface area contributed by atoms with E-state index in [-0.39, 0.29) is 18.4 Å². The molecule has 8 heteroatoms. The molecule has 1 aromatic heterocycles. The van der Waals surface area contributed by atoms with Gasteiger partial charge in [0.15, 0.2) is 4.80 Å². The Hall–Kier alpha value is -1.77. The Morgan fingerprint density at radius 1 is 1.15 bits per heavy atom. The zero-order valence-corrected chi connectivity index (χ0v) is 17.7. The molecule has 1 amide bonds. The molecular weight excluding hydrogens is 484 g/mol. The Morgan fingerprint density at radius 2 is 1.92 bits per heavy atom. The number of nitrogens with zero attached hydrogens (tertiary/aromatic N) is 2. The average Bonchev–Trinajstić information content (AvgIpc) is 2.91. The second kappa shape index (κ2) is 8.28. The lowest BCUT2D eigenvalue weighted by Crippen LogP contribution is -2.23. The van der Waals surface area contributed by atoms with Gasteiger partial charge in [0.05, 0.1) is 16.8 Å². The number of carbonyl (C=O) groups excluding carboxylic acids is 2. The maximum atomic E-state index is 12.6. The Labute approximate surface area is 170 Å². The zero-order chi connectivity index (χ0) is 18.7. The molecule has 3 rings (SSSR count). The third kappa shape index (κ3) is 4.31. The minimum Gasteiger partial charge on any atom is -0.465 e. The zero-order valence-electron chi connectivity index (χ0n) is 13.7. The minimum absolute atomic E-state index is 0.0000693. The molecule has 26 heavy (non-hydrogen) atoms. The summed E-state index contributed by atoms with van der Waals surface area (Å²) in [5.41, 5.74) is 1.30. The normalized spacial score (nSPS) is 11.7. The largest absolute Gasteiger partial charge is 0.465 e. The van der Waals surface area contributed by atoms with Crippen molar-refractivity contribution in [2.45, 2.75) is 13.5 Å². The van der Waals surface area contributed by atoms with Crippen molar-refractivity contribution in [3.05, 3.63) is 61.8 Å². The number of hydrogen-bond donors (Lipinski definition) is 0. The summed E-state index contributed by atoms with van der Waals surface area (Å²) in [4.78, 5) is 29.3. The van der Waals surface area contributed by atoms with Gasteiger partial charge in [-0.25, -0.2) is 0 Å². The van der Waals surface area contributed by atoms with Gasteiger partial charge in [-0.15, -0.1) is 0 Å². The number of amides is 1. The molecule has 0 radical (unpaired) electrons. The predicted octanol–water partition coefficient (Wildman–Crippen LogP) is 4.53. The lowest BCUT2D eigenvalue weighted by atomic mass is 10.2. The van der Waals surface area contributed by atoms with Crippen LogP contribution in [0.15, 0.2) is 56.4 Å². The number of hydrogen-bond acceptors (Lipinski definition) is 4. The first kappa shape index (κ1) is 19.0. The van der Waals surface area contributed by atoms with Gasteiger partial charge in [0, 0.05) is 14.5 Å². The third-order valence-corrected chi connectivity index (χ3v) is 5.53. The highest BCUT2D eigenvalue weighted by Crippen LogP contribution is 2.22. The van der Waals surface area contributed by atoms with Gasteiger partial charge in [-0.05, 0) is 43.3 Å². The maximum Gasteiger partial charge on any atom is 0.326 e. The molecular formula is C18H14Br2N2O3S. The topological polar surface area (TPSA) is 60.7 Å². The van der Waals surface area contributed by atoms with Crippen molar-refractivity contribution in [1.29, 1.82) is 0 Å². The molecule has 5 nitrogen and oxygen atoms in total. The number of ether oxygens (including phenoxy) is 1. The Bertz CT molecular complexity index is 1060. The predicted molar refractivity (Wildman–Crippen MR) is 108 cm³/mol. The van der Waals surface area contributed by atoms with Crippen LogP contribution in [0.2, 0.25) is 0 Å². The first-order chi connectivity index (χ1) is 12.5. The van der Waals surface area contributed by atoms with Gasteiger partial charge in [-0.3, -0.25) is 9.59 Å². The first-order valence-corrected chi connectivity index (χ1v) is 10.2. The van der Waals surface area contributed by atoms with E-state index in [4.69, 9.17) is 4.74 Å². The molecule has 0 fully saturated rings. The number of esters is 1. The van der Waals surface area contributed by atoms with Crippen molar-refractivity contribution in [2.24, 2.45) is 4.99 Å². The minimum atomic E-state index is -0.369. The Balaban J connectivity index is 2.11. The van der Waals surface area contributed by atoms with E-state index in [0.29, 0.717) is 17.0 Å². The molecule has 0 aliphatic rings. The number of halogens is 2. The van der Waals surface area contributed by atoms with Gasteiger partial charge in [0.1, 0.15) is 6.54 Å². The van der Waals surface area contributed by atoms with E-state index in [1.165, 1.54) is 11.3 Å². The molecule has 2 aromatic carbocycles. The summed E-state index contributed by atoms with van der Waals surface area (Å²) in [5, 5.41) is 0. The van der Waals surface area contributed by atoms with E-state index < -0.39 is 0 Å². The molecule has 0 unspecified atom stereocenters. The summed E-state index contributed by atoms with van der Waals surface area (Å²) in [6.07, 6.45) is 0. The summed E-state index contributed by atoms with van der Waals surface area (Å²) in [7, 11) is 0. The van der Waals surface area contributed by atoms with Crippen LogP contribution in [0, 0.1) is 0 Å². The van der Waals surface area contributed by atoms with Gasteiger partial charge in [-0.1, -0.05) is 49.3 Å². The van der Waals surface area contributed by atoms with E-state index in [0.717, 1.165) is 19.2 Å². The van der Waals surface area contributed by atoms with Crippen molar-refractivity contribution in [1.82, 2.24) is 4.57 Å². The number of aromatic nitrogens is 1. The summed E-state index contributed by atoms with van der Waals surface area (Å²) in [6.45, 7) is 2.06. The molecule has 0 bridgehead atoms. The molecule has 0 aliphatic heterocycles. The second-order valence-electron chi connectivity index (χ2n) is 5.32. The van der Waals surface area contributed by atoms with Gasteiger partial charge in [0.25, 0.3) is 5.91 Å². The molecule has 3 aromatic rings. The van der Waals surface area contributed by atoms with Crippen LogP contribution in [0.5, 0.6) is 0 Å². The second-order valence-corrected chi connectivity index (χ2v) is 8.16. The third-order valence-electron chi connectivity index (χ3n) is 3.51. The highest BCUT2D eigenvalue weighted by molar-refractivity contribution is 9.10. The van der Waals surface area contributed by atoms with Gasteiger partial charge < -0.3 is 9.30 Å². The van der Waals surface area contributed by atoms with Crippen LogP contribution < -0.4 is 4.80 Å². The van der Waals surface area contributed by atoms with Crippen LogP contribution in [-0.4, -0.2) is 23.1 Å². The number of benzene rings is 2. The fourth-order valence-electron chi connectivity index (χ4n) is 2.39. The van der Waals surface area contributed by atoms with Crippen LogP contribution in [0.25, 0.3) is 10.2 Å². The summed E-state index contributed by atoms with van der Waals surface area (Å²) in [6, 6.07) is 12.7. The molecule has 1 heterocycles. The van der Waals surface area contributed by atoms with Crippen molar-refractivity contribution >= 4 is 65.3 Å². The summed E-state index contributed by atoms with van der Waals surface area (Å²) >= 11 is 8.15. The standard InChI is InChI=1S/C18H14Br2N2O3S/c1-2-25-16(23)10-22-14-7-6-13(20)9-15(14)26-18(22)21-17(24)11-4-3-5-12(19)8-11/h3-9H,2,10H2,1H3. The van der Waals surface area contributed by atoms with Crippen molar-refractivity contribution in [3.8, 4) is 0 Å². The molecule has 0 saturated carbocycles. The van der Waals surface area contributed by atoms with Crippen LogP contribution in [0.1, 0.15) is 17.3 Å². The Kier molecular flexibility index (Phi) is 6.05. The highest BCUT2D eigenvalue weighted by Gasteiger charge is 2.13. The SMILES string of the molecule is CCOC(=O)Cn1c(=NC(=O)c2cccc(Br)c2)sc2cc(Br)ccc21. The number of thiazole rings is 1. The van der Waals surface area contributed by atoms with Crippen LogP contribution in [-0.2, 0) is 16.1 Å². The van der Waals surface area contributed by atoms with Gasteiger partial charge >= 0.3 is 5.97 Å². The highest BCUT2D eigenvalue weighted by atomic mass is 79.9. The lowest BCUT2D eigenvalue weighted by molar-refractivity contribution is -0.143. The van der Waals surface area contributed by atoms with Crippen LogP contribution in [0.3, 0.4) is 0 Å². The van der Waals surface area contributed by atoms with Crippen molar-refractivity contribution < 1.29 is 14.3 Å². The van der Waals surface area contributed by atoms with E-state index >= 15 is 0 Å². The molecule has 0 saturated heterocycles. The molecule has 0 N–H and O–H groups in total. The van der Waals surface area contributed by atoms with Crippen LogP contribution in [0.4, 0.5) is 0 Å². The summed E-state index contributed by atoms with van der Waals surface area (Å²) < 4.78 is 9.40. The number of carbonyl (C=O) groups is 2. The Morgan fingerprint density at radius 3 is 2.65 bits per heavy atom. The molecule has 0 aliphatic carbocycles. The van der Waals surface area contributed by atoms with Crippen LogP contribution >= 0.6 is 43.2 Å². The van der Waals surface area contributed by atoms with Gasteiger partial charge in [0.2, 0.25) is 0 Å². The van der Waals surface area contributed by atoms with E-state index in [1.54, 1.807) is 29.7 Å². The lowest BCUT2D eigenvalue weighted by Gasteiger charge is -2.05. The maximum absolute atomic E-state index is 12.6. The van der Waals surface area contributed by atoms with E-state index in [9.17, 15) is 9.59 Å². The number of fused-ring (bicyclic) bond motifs is 1.